The first-order valence-corrected chi connectivity index (χ1v) is 5.35. The lowest BCUT2D eigenvalue weighted by atomic mass is 10.4. The molecule has 2 aromatic rings. The summed E-state index contributed by atoms with van der Waals surface area (Å²) in [5.74, 6) is 0. The quantitative estimate of drug-likeness (QED) is 0.888. The summed E-state index contributed by atoms with van der Waals surface area (Å²) in [6, 6.07) is 1.93. The van der Waals surface area contributed by atoms with Gasteiger partial charge < -0.3 is 5.32 Å². The first kappa shape index (κ1) is 8.71. The van der Waals surface area contributed by atoms with Gasteiger partial charge in [0.1, 0.15) is 4.60 Å². The summed E-state index contributed by atoms with van der Waals surface area (Å²) in [6.07, 6.45) is 1.73. The Bertz CT molecular complexity index is 370. The molecule has 2 N–H and O–H groups in total. The number of halogens is 1. The molecule has 0 bridgehead atoms. The van der Waals surface area contributed by atoms with Crippen molar-refractivity contribution in [3.05, 3.63) is 27.9 Å². The van der Waals surface area contributed by atoms with Crippen LogP contribution < -0.4 is 5.32 Å². The van der Waals surface area contributed by atoms with Crippen LogP contribution in [0.15, 0.2) is 22.2 Å². The number of thiazole rings is 1. The Morgan fingerprint density at radius 2 is 2.54 bits per heavy atom. The Balaban J connectivity index is 1.93. The van der Waals surface area contributed by atoms with Gasteiger partial charge >= 0.3 is 0 Å². The SMILES string of the molecule is Brc1csc(NCc2ccn[nH]2)n1. The van der Waals surface area contributed by atoms with Gasteiger partial charge in [-0.3, -0.25) is 5.10 Å². The predicted octanol–water partition coefficient (Wildman–Crippen LogP) is 2.24. The largest absolute Gasteiger partial charge is 0.356 e. The van der Waals surface area contributed by atoms with E-state index < -0.39 is 0 Å². The second-order valence-corrected chi connectivity index (χ2v) is 4.08. The normalized spacial score (nSPS) is 10.2. The smallest absolute Gasteiger partial charge is 0.184 e. The van der Waals surface area contributed by atoms with Crippen LogP contribution in [0.1, 0.15) is 5.69 Å². The zero-order valence-electron chi connectivity index (χ0n) is 6.62. The van der Waals surface area contributed by atoms with Gasteiger partial charge in [0.15, 0.2) is 5.13 Å². The molecule has 13 heavy (non-hydrogen) atoms. The van der Waals surface area contributed by atoms with Gasteiger partial charge in [0, 0.05) is 11.6 Å². The first-order chi connectivity index (χ1) is 6.34. The van der Waals surface area contributed by atoms with Gasteiger partial charge in [-0.25, -0.2) is 4.98 Å². The van der Waals surface area contributed by atoms with E-state index in [9.17, 15) is 0 Å². The third kappa shape index (κ3) is 2.28. The molecule has 0 radical (unpaired) electrons. The molecule has 0 saturated carbocycles. The first-order valence-electron chi connectivity index (χ1n) is 3.68. The number of rotatable bonds is 3. The second-order valence-electron chi connectivity index (χ2n) is 2.41. The number of nitrogens with zero attached hydrogens (tertiary/aromatic N) is 2. The summed E-state index contributed by atoms with van der Waals surface area (Å²) >= 11 is 4.86. The lowest BCUT2D eigenvalue weighted by Gasteiger charge is -1.97. The van der Waals surface area contributed by atoms with Crippen LogP contribution in [0, 0.1) is 0 Å². The molecule has 0 aliphatic rings. The number of aromatic amines is 1. The van der Waals surface area contributed by atoms with Crippen LogP contribution in [-0.4, -0.2) is 15.2 Å². The van der Waals surface area contributed by atoms with Gasteiger partial charge in [0.25, 0.3) is 0 Å². The zero-order chi connectivity index (χ0) is 9.10. The van der Waals surface area contributed by atoms with Crippen LogP contribution in [-0.2, 0) is 6.54 Å². The number of hydrogen-bond donors (Lipinski definition) is 2. The maximum Gasteiger partial charge on any atom is 0.184 e. The van der Waals surface area contributed by atoms with E-state index in [1.165, 1.54) is 0 Å². The molecule has 0 unspecified atom stereocenters. The van der Waals surface area contributed by atoms with Gasteiger partial charge in [0.2, 0.25) is 0 Å². The highest BCUT2D eigenvalue weighted by Gasteiger charge is 1.98. The molecule has 0 amide bonds. The molecule has 0 spiro atoms. The molecule has 0 aliphatic carbocycles. The number of anilines is 1. The van der Waals surface area contributed by atoms with E-state index in [-0.39, 0.29) is 0 Å². The lowest BCUT2D eigenvalue weighted by Crippen LogP contribution is -1.98. The average Bonchev–Trinajstić information content (AvgIpc) is 2.71. The molecule has 68 valence electrons. The standard InChI is InChI=1S/C7H7BrN4S/c8-6-4-13-7(11-6)9-3-5-1-2-10-12-5/h1-2,4H,3H2,(H,9,11)(H,10,12). The van der Waals surface area contributed by atoms with E-state index in [0.717, 1.165) is 22.0 Å². The van der Waals surface area contributed by atoms with Crippen molar-refractivity contribution in [2.45, 2.75) is 6.54 Å². The van der Waals surface area contributed by atoms with E-state index in [2.05, 4.69) is 36.4 Å². The Hall–Kier alpha value is -0.880. The fourth-order valence-corrected chi connectivity index (χ4v) is 2.03. The van der Waals surface area contributed by atoms with Crippen LogP contribution >= 0.6 is 27.3 Å². The van der Waals surface area contributed by atoms with E-state index >= 15 is 0 Å². The fraction of sp³-hybridized carbons (Fsp3) is 0.143. The number of aromatic nitrogens is 3. The van der Waals surface area contributed by atoms with Crippen molar-refractivity contribution in [1.82, 2.24) is 15.2 Å². The van der Waals surface area contributed by atoms with Gasteiger partial charge in [0.05, 0.1) is 12.2 Å². The summed E-state index contributed by atoms with van der Waals surface area (Å²) in [6.45, 7) is 0.722. The maximum absolute atomic E-state index is 4.20. The van der Waals surface area contributed by atoms with Gasteiger partial charge in [-0.15, -0.1) is 11.3 Å². The van der Waals surface area contributed by atoms with Crippen LogP contribution in [0.3, 0.4) is 0 Å². The molecule has 0 atom stereocenters. The van der Waals surface area contributed by atoms with E-state index in [4.69, 9.17) is 0 Å². The molecule has 2 heterocycles. The Morgan fingerprint density at radius 3 is 3.15 bits per heavy atom. The lowest BCUT2D eigenvalue weighted by molar-refractivity contribution is 0.979. The minimum Gasteiger partial charge on any atom is -0.356 e. The highest BCUT2D eigenvalue weighted by atomic mass is 79.9. The van der Waals surface area contributed by atoms with E-state index in [0.29, 0.717) is 0 Å². The molecule has 0 aromatic carbocycles. The molecule has 0 saturated heterocycles. The van der Waals surface area contributed by atoms with Crippen molar-refractivity contribution in [3.8, 4) is 0 Å². The van der Waals surface area contributed by atoms with Crippen molar-refractivity contribution in [2.75, 3.05) is 5.32 Å². The summed E-state index contributed by atoms with van der Waals surface area (Å²) in [7, 11) is 0. The number of hydrogen-bond acceptors (Lipinski definition) is 4. The van der Waals surface area contributed by atoms with Gasteiger partial charge in [-0.1, -0.05) is 0 Å². The molecule has 0 fully saturated rings. The van der Waals surface area contributed by atoms with Crippen molar-refractivity contribution < 1.29 is 0 Å². The average molecular weight is 259 g/mol. The van der Waals surface area contributed by atoms with Crippen molar-refractivity contribution in [2.24, 2.45) is 0 Å². The van der Waals surface area contributed by atoms with Crippen molar-refractivity contribution in [1.29, 1.82) is 0 Å². The maximum atomic E-state index is 4.20. The number of H-pyrrole nitrogens is 1. The monoisotopic (exact) mass is 258 g/mol. The Morgan fingerprint density at radius 1 is 1.62 bits per heavy atom. The fourth-order valence-electron chi connectivity index (χ4n) is 0.889. The topological polar surface area (TPSA) is 53.6 Å². The van der Waals surface area contributed by atoms with Crippen LogP contribution in [0.2, 0.25) is 0 Å². The van der Waals surface area contributed by atoms with Crippen LogP contribution in [0.4, 0.5) is 5.13 Å². The summed E-state index contributed by atoms with van der Waals surface area (Å²) in [4.78, 5) is 4.20. The molecular weight excluding hydrogens is 252 g/mol. The summed E-state index contributed by atoms with van der Waals surface area (Å²) in [5, 5.41) is 12.7. The van der Waals surface area contributed by atoms with Crippen LogP contribution in [0.25, 0.3) is 0 Å². The van der Waals surface area contributed by atoms with Crippen molar-refractivity contribution in [3.63, 3.8) is 0 Å². The predicted molar refractivity (Wildman–Crippen MR) is 55.7 cm³/mol. The van der Waals surface area contributed by atoms with Crippen LogP contribution in [0.5, 0.6) is 0 Å². The molecule has 2 aromatic heterocycles. The minimum atomic E-state index is 0.722. The highest BCUT2D eigenvalue weighted by Crippen LogP contribution is 2.19. The Labute approximate surface area is 87.5 Å². The molecule has 2 rings (SSSR count). The van der Waals surface area contributed by atoms with E-state index in [1.807, 2.05) is 11.4 Å². The van der Waals surface area contributed by atoms with Crippen molar-refractivity contribution >= 4 is 32.4 Å². The Kier molecular flexibility index (Phi) is 2.60. The molecule has 6 heteroatoms. The minimum absolute atomic E-state index is 0.722. The number of nitrogens with one attached hydrogen (secondary N) is 2. The second kappa shape index (κ2) is 3.89. The third-order valence-electron chi connectivity index (χ3n) is 1.46. The molecule has 0 aliphatic heterocycles. The zero-order valence-corrected chi connectivity index (χ0v) is 9.02. The van der Waals surface area contributed by atoms with Gasteiger partial charge in [-0.2, -0.15) is 5.10 Å². The highest BCUT2D eigenvalue weighted by molar-refractivity contribution is 9.10. The summed E-state index contributed by atoms with van der Waals surface area (Å²) in [5.41, 5.74) is 1.05. The molecule has 4 nitrogen and oxygen atoms in total. The molecular formula is C7H7BrN4S. The third-order valence-corrected chi connectivity index (χ3v) is 2.97. The summed E-state index contributed by atoms with van der Waals surface area (Å²) < 4.78 is 0.865. The van der Waals surface area contributed by atoms with Gasteiger partial charge in [-0.05, 0) is 22.0 Å². The van der Waals surface area contributed by atoms with E-state index in [1.54, 1.807) is 17.5 Å².